The number of hydrogen-bond donors (Lipinski definition) is 2. The van der Waals surface area contributed by atoms with E-state index in [1.165, 1.54) is 17.0 Å². The van der Waals surface area contributed by atoms with Gasteiger partial charge in [-0.05, 0) is 37.1 Å². The molecular formula is C17H23N5O3S. The van der Waals surface area contributed by atoms with Crippen LogP contribution < -0.4 is 10.0 Å². The van der Waals surface area contributed by atoms with Crippen LogP contribution in [0.4, 0.5) is 10.5 Å². The lowest BCUT2D eigenvalue weighted by Gasteiger charge is -2.32. The van der Waals surface area contributed by atoms with E-state index in [9.17, 15) is 13.2 Å². The summed E-state index contributed by atoms with van der Waals surface area (Å²) in [4.78, 5) is 16.5. The summed E-state index contributed by atoms with van der Waals surface area (Å²) in [6.07, 6.45) is 7.72. The highest BCUT2D eigenvalue weighted by molar-refractivity contribution is 7.89. The van der Waals surface area contributed by atoms with E-state index in [0.717, 1.165) is 31.2 Å². The lowest BCUT2D eigenvalue weighted by molar-refractivity contribution is 0.179. The summed E-state index contributed by atoms with van der Waals surface area (Å²) in [6, 6.07) is 6.06. The predicted molar refractivity (Wildman–Crippen MR) is 98.0 cm³/mol. The standard InChI is InChI=1S/C17H23N5O3S/c1-21(14-6-8-16(9-7-14)26(18,24)25)17(23)22(15-4-2-3-5-15)12-13-10-19-20-11-13/h6-11,15H,2-5,12H2,1H3,(H,19,20)(H2,18,24,25). The topological polar surface area (TPSA) is 112 Å². The molecule has 0 saturated heterocycles. The molecule has 0 aliphatic heterocycles. The molecule has 1 aromatic heterocycles. The number of nitrogens with two attached hydrogens (primary N) is 1. The average molecular weight is 377 g/mol. The van der Waals surface area contributed by atoms with Crippen LogP contribution in [0.2, 0.25) is 0 Å². The Kier molecular flexibility index (Phi) is 5.28. The molecule has 1 aliphatic carbocycles. The van der Waals surface area contributed by atoms with E-state index in [1.54, 1.807) is 31.6 Å². The Morgan fingerprint density at radius 1 is 1.27 bits per heavy atom. The Labute approximate surface area is 153 Å². The number of benzene rings is 1. The number of aromatic nitrogens is 2. The van der Waals surface area contributed by atoms with Gasteiger partial charge in [0.05, 0.1) is 17.6 Å². The fourth-order valence-electron chi connectivity index (χ4n) is 3.29. The van der Waals surface area contributed by atoms with Gasteiger partial charge in [0.2, 0.25) is 10.0 Å². The largest absolute Gasteiger partial charge is 0.324 e. The van der Waals surface area contributed by atoms with Gasteiger partial charge in [0.15, 0.2) is 0 Å². The summed E-state index contributed by atoms with van der Waals surface area (Å²) in [6.45, 7) is 0.486. The van der Waals surface area contributed by atoms with E-state index in [4.69, 9.17) is 5.14 Å². The number of hydrogen-bond acceptors (Lipinski definition) is 4. The van der Waals surface area contributed by atoms with Crippen molar-refractivity contribution < 1.29 is 13.2 Å². The number of amides is 2. The molecule has 26 heavy (non-hydrogen) atoms. The van der Waals surface area contributed by atoms with Crippen molar-refractivity contribution in [2.45, 2.75) is 43.2 Å². The number of aromatic amines is 1. The van der Waals surface area contributed by atoms with Crippen molar-refractivity contribution in [1.82, 2.24) is 15.1 Å². The van der Waals surface area contributed by atoms with Gasteiger partial charge in [-0.1, -0.05) is 12.8 Å². The van der Waals surface area contributed by atoms with Crippen molar-refractivity contribution in [3.63, 3.8) is 0 Å². The van der Waals surface area contributed by atoms with Gasteiger partial charge in [-0.2, -0.15) is 5.10 Å². The molecule has 0 bridgehead atoms. The average Bonchev–Trinajstić information content (AvgIpc) is 3.31. The van der Waals surface area contributed by atoms with Gasteiger partial charge in [-0.3, -0.25) is 10.00 Å². The second-order valence-electron chi connectivity index (χ2n) is 6.55. The lowest BCUT2D eigenvalue weighted by atomic mass is 10.2. The number of H-pyrrole nitrogens is 1. The van der Waals surface area contributed by atoms with Gasteiger partial charge in [-0.25, -0.2) is 18.4 Å². The van der Waals surface area contributed by atoms with Gasteiger partial charge in [0, 0.05) is 30.5 Å². The highest BCUT2D eigenvalue weighted by atomic mass is 32.2. The summed E-state index contributed by atoms with van der Waals surface area (Å²) in [5, 5.41) is 11.9. The molecule has 0 atom stereocenters. The molecule has 1 fully saturated rings. The van der Waals surface area contributed by atoms with E-state index >= 15 is 0 Å². The third-order valence-electron chi connectivity index (χ3n) is 4.76. The molecular weight excluding hydrogens is 354 g/mol. The van der Waals surface area contributed by atoms with E-state index in [1.807, 2.05) is 4.90 Å². The van der Waals surface area contributed by atoms with Crippen LogP contribution in [-0.2, 0) is 16.6 Å². The van der Waals surface area contributed by atoms with Crippen molar-refractivity contribution in [2.24, 2.45) is 5.14 Å². The minimum Gasteiger partial charge on any atom is -0.317 e. The van der Waals surface area contributed by atoms with Gasteiger partial charge in [0.1, 0.15) is 0 Å². The van der Waals surface area contributed by atoms with Crippen LogP contribution in [0.5, 0.6) is 0 Å². The third kappa shape index (κ3) is 4.05. The molecule has 1 aromatic carbocycles. The quantitative estimate of drug-likeness (QED) is 0.830. The molecule has 1 aliphatic rings. The first-order valence-electron chi connectivity index (χ1n) is 8.51. The zero-order chi connectivity index (χ0) is 18.7. The first-order valence-corrected chi connectivity index (χ1v) is 10.1. The van der Waals surface area contributed by atoms with Crippen molar-refractivity contribution in [3.8, 4) is 0 Å². The van der Waals surface area contributed by atoms with Crippen LogP contribution >= 0.6 is 0 Å². The number of nitrogens with one attached hydrogen (secondary N) is 1. The number of sulfonamides is 1. The minimum atomic E-state index is -3.75. The van der Waals surface area contributed by atoms with Crippen LogP contribution in [0, 0.1) is 0 Å². The Hall–Kier alpha value is -2.39. The van der Waals surface area contributed by atoms with Crippen LogP contribution in [-0.4, -0.2) is 42.6 Å². The highest BCUT2D eigenvalue weighted by Gasteiger charge is 2.29. The summed E-state index contributed by atoms with van der Waals surface area (Å²) in [5.41, 5.74) is 1.56. The smallest absolute Gasteiger partial charge is 0.317 e. The van der Waals surface area contributed by atoms with E-state index in [0.29, 0.717) is 12.2 Å². The molecule has 8 nitrogen and oxygen atoms in total. The Bertz CT molecular complexity index is 843. The molecule has 3 N–H and O–H groups in total. The first-order chi connectivity index (χ1) is 12.4. The zero-order valence-electron chi connectivity index (χ0n) is 14.6. The van der Waals surface area contributed by atoms with E-state index in [-0.39, 0.29) is 17.0 Å². The Morgan fingerprint density at radius 2 is 1.92 bits per heavy atom. The zero-order valence-corrected chi connectivity index (χ0v) is 15.4. The fraction of sp³-hybridized carbons (Fsp3) is 0.412. The van der Waals surface area contributed by atoms with Crippen molar-refractivity contribution in [2.75, 3.05) is 11.9 Å². The molecule has 2 amide bonds. The second-order valence-corrected chi connectivity index (χ2v) is 8.11. The van der Waals surface area contributed by atoms with Gasteiger partial charge in [0.25, 0.3) is 0 Å². The number of rotatable bonds is 5. The molecule has 0 spiro atoms. The van der Waals surface area contributed by atoms with E-state index < -0.39 is 10.0 Å². The molecule has 1 saturated carbocycles. The maximum absolute atomic E-state index is 13.1. The van der Waals surface area contributed by atoms with Crippen LogP contribution in [0.25, 0.3) is 0 Å². The third-order valence-corrected chi connectivity index (χ3v) is 5.69. The Balaban J connectivity index is 1.80. The molecule has 140 valence electrons. The van der Waals surface area contributed by atoms with Crippen LogP contribution in [0.15, 0.2) is 41.6 Å². The van der Waals surface area contributed by atoms with Gasteiger partial charge >= 0.3 is 6.03 Å². The van der Waals surface area contributed by atoms with Crippen molar-refractivity contribution >= 4 is 21.7 Å². The molecule has 2 aromatic rings. The summed E-state index contributed by atoms with van der Waals surface area (Å²) >= 11 is 0. The molecule has 1 heterocycles. The number of primary sulfonamides is 1. The maximum atomic E-state index is 13.1. The van der Waals surface area contributed by atoms with Gasteiger partial charge < -0.3 is 4.90 Å². The highest BCUT2D eigenvalue weighted by Crippen LogP contribution is 2.27. The number of carbonyl (C=O) groups is 1. The number of urea groups is 1. The molecule has 3 rings (SSSR count). The number of anilines is 1. The summed E-state index contributed by atoms with van der Waals surface area (Å²) in [7, 11) is -2.07. The number of carbonyl (C=O) groups excluding carboxylic acids is 1. The van der Waals surface area contributed by atoms with Gasteiger partial charge in [-0.15, -0.1) is 0 Å². The summed E-state index contributed by atoms with van der Waals surface area (Å²) < 4.78 is 22.8. The summed E-state index contributed by atoms with van der Waals surface area (Å²) in [5.74, 6) is 0. The lowest BCUT2D eigenvalue weighted by Crippen LogP contribution is -2.45. The van der Waals surface area contributed by atoms with Crippen LogP contribution in [0.1, 0.15) is 31.2 Å². The monoisotopic (exact) mass is 377 g/mol. The molecule has 0 unspecified atom stereocenters. The van der Waals surface area contributed by atoms with Crippen molar-refractivity contribution in [1.29, 1.82) is 0 Å². The molecule has 0 radical (unpaired) electrons. The van der Waals surface area contributed by atoms with Crippen LogP contribution in [0.3, 0.4) is 0 Å². The van der Waals surface area contributed by atoms with E-state index in [2.05, 4.69) is 10.2 Å². The second kappa shape index (κ2) is 7.46. The first kappa shape index (κ1) is 18.4. The number of nitrogens with zero attached hydrogens (tertiary/aromatic N) is 3. The normalized spacial score (nSPS) is 15.2. The molecule has 9 heteroatoms. The fourth-order valence-corrected chi connectivity index (χ4v) is 3.81. The predicted octanol–water partition coefficient (Wildman–Crippen LogP) is 2.06. The SMILES string of the molecule is CN(C(=O)N(Cc1cn[nH]c1)C1CCCC1)c1ccc(S(N)(=O)=O)cc1. The Morgan fingerprint density at radius 3 is 2.46 bits per heavy atom. The maximum Gasteiger partial charge on any atom is 0.324 e. The van der Waals surface area contributed by atoms with Crippen molar-refractivity contribution in [3.05, 3.63) is 42.2 Å². The minimum absolute atomic E-state index is 0.0214.